The topological polar surface area (TPSA) is 17.1 Å². The van der Waals surface area contributed by atoms with Crippen molar-refractivity contribution in [3.8, 4) is 0 Å². The molecule has 0 aromatic heterocycles. The van der Waals surface area contributed by atoms with Crippen LogP contribution in [-0.2, 0) is 21.0 Å². The van der Waals surface area contributed by atoms with Crippen LogP contribution in [0.5, 0.6) is 0 Å². The van der Waals surface area contributed by atoms with Crippen LogP contribution < -0.4 is 0 Å². The normalized spacial score (nSPS) is 0.500. The average molecular weight is 196 g/mol. The molecule has 0 aliphatic heterocycles. The van der Waals surface area contributed by atoms with Crippen molar-refractivity contribution in [2.75, 3.05) is 0 Å². The third-order valence-corrected chi connectivity index (χ3v) is 0. The molecule has 6 heteroatoms. The first-order valence-corrected chi connectivity index (χ1v) is 0.753. The van der Waals surface area contributed by atoms with Gasteiger partial charge in [-0.15, -0.1) is 37.2 Å². The van der Waals surface area contributed by atoms with Crippen molar-refractivity contribution in [3.05, 3.63) is 0 Å². The Bertz CT molecular complexity index is 10.8. The summed E-state index contributed by atoms with van der Waals surface area (Å²) in [6, 6.07) is 0. The molecular weight excluding hydrogens is 192 g/mol. The van der Waals surface area contributed by atoms with E-state index < -0.39 is 0 Å². The summed E-state index contributed by atoms with van der Waals surface area (Å²) in [7, 11) is 0. The van der Waals surface area contributed by atoms with Crippen LogP contribution >= 0.6 is 37.2 Å². The number of hydrogen-bond acceptors (Lipinski definition) is 1. The Balaban J connectivity index is -0.000000000833. The first-order valence-electron chi connectivity index (χ1n) is 0.183. The molecule has 0 spiro atoms. The molecule has 43 valence electrons. The van der Waals surface area contributed by atoms with Gasteiger partial charge in [0.15, 0.2) is 0 Å². The van der Waals surface area contributed by atoms with Crippen LogP contribution in [0.2, 0.25) is 0 Å². The van der Waals surface area contributed by atoms with Crippen molar-refractivity contribution >= 4 is 37.2 Å². The molecule has 0 aliphatic carbocycles. The average Bonchev–Trinajstić information content (AvgIpc) is 1.00. The predicted molar refractivity (Wildman–Crippen MR) is 24.9 cm³/mol. The van der Waals surface area contributed by atoms with Crippen LogP contribution in [0, 0.1) is 0 Å². The SMILES string of the molecule is Cl.Cl.Cl.F.[O]=[V]. The van der Waals surface area contributed by atoms with Crippen molar-refractivity contribution in [1.29, 1.82) is 0 Å². The van der Waals surface area contributed by atoms with Gasteiger partial charge in [0.05, 0.1) is 0 Å². The van der Waals surface area contributed by atoms with Gasteiger partial charge in [0.1, 0.15) is 0 Å². The van der Waals surface area contributed by atoms with E-state index in [9.17, 15) is 0 Å². The molecular formula is H4Cl3FOV. The summed E-state index contributed by atoms with van der Waals surface area (Å²) in [6.45, 7) is 0. The maximum atomic E-state index is 8.19. The Morgan fingerprint density at radius 3 is 0.833 bits per heavy atom. The second kappa shape index (κ2) is 118. The van der Waals surface area contributed by atoms with Crippen molar-refractivity contribution in [1.82, 2.24) is 0 Å². The van der Waals surface area contributed by atoms with Crippen molar-refractivity contribution < 1.29 is 25.7 Å². The zero-order valence-electron chi connectivity index (χ0n) is 2.49. The van der Waals surface area contributed by atoms with Crippen LogP contribution in [0.25, 0.3) is 0 Å². The van der Waals surface area contributed by atoms with Gasteiger partial charge in [0.25, 0.3) is 0 Å². The predicted octanol–water partition coefficient (Wildman–Crippen LogP) is 1.30. The molecule has 0 atom stereocenters. The Labute approximate surface area is 63.1 Å². The summed E-state index contributed by atoms with van der Waals surface area (Å²) in [4.78, 5) is 0. The molecule has 0 rings (SSSR count). The Kier molecular flexibility index (Phi) is 1140. The van der Waals surface area contributed by atoms with Gasteiger partial charge in [-0.1, -0.05) is 0 Å². The quantitative estimate of drug-likeness (QED) is 0.571. The third kappa shape index (κ3) is 64.7. The minimum atomic E-state index is 0. The first-order chi connectivity index (χ1) is 1.00. The summed E-state index contributed by atoms with van der Waals surface area (Å²) in [5.74, 6) is 0. The van der Waals surface area contributed by atoms with E-state index in [0.29, 0.717) is 0 Å². The third-order valence-electron chi connectivity index (χ3n) is 0. The van der Waals surface area contributed by atoms with Gasteiger partial charge in [-0.2, -0.15) is 0 Å². The second-order valence-corrected chi connectivity index (χ2v) is 0. The molecule has 0 aromatic carbocycles. The number of hydrogen-bond donors (Lipinski definition) is 0. The minimum absolute atomic E-state index is 0. The fourth-order valence-electron chi connectivity index (χ4n) is 0. The van der Waals surface area contributed by atoms with Crippen LogP contribution in [0.3, 0.4) is 0 Å². The van der Waals surface area contributed by atoms with E-state index in [2.05, 4.69) is 0 Å². The van der Waals surface area contributed by atoms with Gasteiger partial charge in [0, 0.05) is 0 Å². The van der Waals surface area contributed by atoms with Crippen molar-refractivity contribution in [3.63, 3.8) is 0 Å². The van der Waals surface area contributed by atoms with Crippen molar-refractivity contribution in [2.45, 2.75) is 0 Å². The van der Waals surface area contributed by atoms with E-state index in [-0.39, 0.29) is 41.9 Å². The Morgan fingerprint density at radius 1 is 0.833 bits per heavy atom. The molecule has 0 bridgehead atoms. The van der Waals surface area contributed by atoms with Crippen LogP contribution in [0.1, 0.15) is 0 Å². The Hall–Kier alpha value is 1.18. The monoisotopic (exact) mass is 195 g/mol. The van der Waals surface area contributed by atoms with Gasteiger partial charge in [0.2, 0.25) is 0 Å². The van der Waals surface area contributed by atoms with E-state index in [1.165, 1.54) is 0 Å². The summed E-state index contributed by atoms with van der Waals surface area (Å²) in [6.07, 6.45) is 0. The molecule has 0 N–H and O–H groups in total. The maximum absolute atomic E-state index is 8.19. The zero-order chi connectivity index (χ0) is 2.00. The number of halogens is 4. The van der Waals surface area contributed by atoms with Gasteiger partial charge < -0.3 is 0 Å². The Morgan fingerprint density at radius 2 is 0.833 bits per heavy atom. The zero-order valence-corrected chi connectivity index (χ0v) is 6.33. The summed E-state index contributed by atoms with van der Waals surface area (Å²) < 4.78 is 8.19. The summed E-state index contributed by atoms with van der Waals surface area (Å²) in [5, 5.41) is 0. The van der Waals surface area contributed by atoms with Crippen LogP contribution in [0.4, 0.5) is 4.70 Å². The van der Waals surface area contributed by atoms with E-state index in [1.807, 2.05) is 0 Å². The van der Waals surface area contributed by atoms with E-state index in [4.69, 9.17) is 3.67 Å². The van der Waals surface area contributed by atoms with Gasteiger partial charge in [-0.25, -0.2) is 0 Å². The molecule has 0 saturated heterocycles. The molecule has 0 aromatic rings. The summed E-state index contributed by atoms with van der Waals surface area (Å²) in [5.41, 5.74) is 0. The van der Waals surface area contributed by atoms with Crippen LogP contribution in [0.15, 0.2) is 0 Å². The molecule has 0 heterocycles. The molecule has 0 fully saturated rings. The van der Waals surface area contributed by atoms with Gasteiger partial charge in [-0.05, 0) is 0 Å². The fraction of sp³-hybridized carbons (Fsp3) is 0. The molecule has 0 unspecified atom stereocenters. The number of rotatable bonds is 0. The molecule has 0 amide bonds. The van der Waals surface area contributed by atoms with E-state index in [1.54, 1.807) is 0 Å². The van der Waals surface area contributed by atoms with Crippen molar-refractivity contribution in [2.24, 2.45) is 0 Å². The van der Waals surface area contributed by atoms with E-state index in [0.717, 1.165) is 17.4 Å². The second-order valence-electron chi connectivity index (χ2n) is 0. The molecule has 1 nitrogen and oxygen atoms in total. The molecule has 0 radical (unpaired) electrons. The van der Waals surface area contributed by atoms with Crippen LogP contribution in [-0.4, -0.2) is 0 Å². The first kappa shape index (κ1) is 57.6. The van der Waals surface area contributed by atoms with Gasteiger partial charge >= 0.3 is 21.0 Å². The molecule has 6 heavy (non-hydrogen) atoms. The molecule has 0 aliphatic rings. The fourth-order valence-corrected chi connectivity index (χ4v) is 0. The summed E-state index contributed by atoms with van der Waals surface area (Å²) >= 11 is 1.06. The van der Waals surface area contributed by atoms with E-state index >= 15 is 0 Å². The molecule has 0 saturated carbocycles. The standard InChI is InChI=1S/3ClH.FH.O.V/h4*1H;;. The van der Waals surface area contributed by atoms with Gasteiger partial charge in [-0.3, -0.25) is 4.70 Å².